The second-order valence-corrected chi connectivity index (χ2v) is 8.19. The number of rotatable bonds is 5. The van der Waals surface area contributed by atoms with Gasteiger partial charge in [0.05, 0.1) is 11.1 Å². The molecule has 2 aromatic carbocycles. The Labute approximate surface area is 178 Å². The van der Waals surface area contributed by atoms with Gasteiger partial charge in [-0.3, -0.25) is 0 Å². The minimum Gasteiger partial charge on any atom is -0.383 e. The van der Waals surface area contributed by atoms with E-state index in [4.69, 9.17) is 10.7 Å². The van der Waals surface area contributed by atoms with E-state index in [1.165, 1.54) is 11.9 Å². The van der Waals surface area contributed by atoms with Gasteiger partial charge in [-0.15, -0.1) is 0 Å². The first-order valence-electron chi connectivity index (χ1n) is 9.42. The fraction of sp³-hybridized carbons (Fsp3) is 0.174. The van der Waals surface area contributed by atoms with Crippen molar-refractivity contribution in [3.63, 3.8) is 0 Å². The lowest BCUT2D eigenvalue weighted by Gasteiger charge is -2.12. The largest absolute Gasteiger partial charge is 0.383 e. The zero-order valence-electron chi connectivity index (χ0n) is 16.4. The van der Waals surface area contributed by atoms with Crippen LogP contribution in [-0.2, 0) is 6.42 Å². The number of nitrogens with zero attached hydrogens (tertiary/aromatic N) is 4. The fourth-order valence-electron chi connectivity index (χ4n) is 3.31. The zero-order chi connectivity index (χ0) is 20.4. The predicted molar refractivity (Wildman–Crippen MR) is 123 cm³/mol. The molecule has 0 aliphatic carbocycles. The Morgan fingerprint density at radius 1 is 0.966 bits per heavy atom. The number of aromatic nitrogens is 3. The highest BCUT2D eigenvalue weighted by Gasteiger charge is 2.14. The van der Waals surface area contributed by atoms with Gasteiger partial charge in [0.25, 0.3) is 0 Å². The van der Waals surface area contributed by atoms with Crippen molar-refractivity contribution in [1.82, 2.24) is 19.9 Å². The quantitative estimate of drug-likeness (QED) is 0.475. The number of halogens is 1. The SMILES string of the molecule is CN(C)CCc1ccc(-c2cc(-c3cccc(Br)c3)c3c(N)ncnc3n2)cc1. The first-order chi connectivity index (χ1) is 14.0. The molecule has 0 aliphatic heterocycles. The summed E-state index contributed by atoms with van der Waals surface area (Å²) in [4.78, 5) is 15.5. The minimum atomic E-state index is 0.433. The van der Waals surface area contributed by atoms with Crippen LogP contribution in [0.4, 0.5) is 5.82 Å². The Balaban J connectivity index is 1.82. The van der Waals surface area contributed by atoms with Gasteiger partial charge >= 0.3 is 0 Å². The van der Waals surface area contributed by atoms with Crippen molar-refractivity contribution in [3.8, 4) is 22.4 Å². The summed E-state index contributed by atoms with van der Waals surface area (Å²) in [5.41, 5.74) is 12.0. The van der Waals surface area contributed by atoms with E-state index in [0.29, 0.717) is 11.5 Å². The molecule has 0 spiro atoms. The lowest BCUT2D eigenvalue weighted by Crippen LogP contribution is -2.14. The molecular formula is C23H22BrN5. The van der Waals surface area contributed by atoms with Crippen LogP contribution in [0.15, 0.2) is 65.4 Å². The molecule has 2 N–H and O–H groups in total. The maximum absolute atomic E-state index is 6.19. The van der Waals surface area contributed by atoms with E-state index < -0.39 is 0 Å². The van der Waals surface area contributed by atoms with Crippen molar-refractivity contribution in [3.05, 3.63) is 71.0 Å². The molecule has 6 heteroatoms. The third-order valence-corrected chi connectivity index (χ3v) is 5.36. The smallest absolute Gasteiger partial charge is 0.165 e. The van der Waals surface area contributed by atoms with E-state index in [9.17, 15) is 0 Å². The van der Waals surface area contributed by atoms with Crippen LogP contribution in [0.25, 0.3) is 33.4 Å². The summed E-state index contributed by atoms with van der Waals surface area (Å²) < 4.78 is 1.00. The van der Waals surface area contributed by atoms with Crippen molar-refractivity contribution >= 4 is 32.8 Å². The van der Waals surface area contributed by atoms with Crippen molar-refractivity contribution < 1.29 is 0 Å². The predicted octanol–water partition coefficient (Wildman–Crippen LogP) is 4.81. The molecule has 5 nitrogen and oxygen atoms in total. The van der Waals surface area contributed by atoms with Crippen LogP contribution in [0.3, 0.4) is 0 Å². The van der Waals surface area contributed by atoms with Gasteiger partial charge in [0.15, 0.2) is 5.65 Å². The normalized spacial score (nSPS) is 11.3. The third-order valence-electron chi connectivity index (χ3n) is 4.87. The van der Waals surface area contributed by atoms with E-state index in [2.05, 4.69) is 87.4 Å². The maximum Gasteiger partial charge on any atom is 0.165 e. The maximum atomic E-state index is 6.19. The molecule has 0 saturated heterocycles. The lowest BCUT2D eigenvalue weighted by molar-refractivity contribution is 0.413. The molecule has 2 heterocycles. The lowest BCUT2D eigenvalue weighted by atomic mass is 9.99. The van der Waals surface area contributed by atoms with Crippen LogP contribution in [0, 0.1) is 0 Å². The summed E-state index contributed by atoms with van der Waals surface area (Å²) >= 11 is 3.56. The first-order valence-corrected chi connectivity index (χ1v) is 10.2. The highest BCUT2D eigenvalue weighted by molar-refractivity contribution is 9.10. The Hall–Kier alpha value is -2.83. The number of anilines is 1. The number of pyridine rings is 1. The molecule has 29 heavy (non-hydrogen) atoms. The average Bonchev–Trinajstić information content (AvgIpc) is 2.72. The number of fused-ring (bicyclic) bond motifs is 1. The molecule has 0 amide bonds. The third kappa shape index (κ3) is 4.28. The highest BCUT2D eigenvalue weighted by Crippen LogP contribution is 2.34. The molecular weight excluding hydrogens is 426 g/mol. The molecule has 0 atom stereocenters. The number of hydrogen-bond donors (Lipinski definition) is 1. The Morgan fingerprint density at radius 3 is 2.48 bits per heavy atom. The molecule has 4 aromatic rings. The topological polar surface area (TPSA) is 67.9 Å². The number of hydrogen-bond acceptors (Lipinski definition) is 5. The van der Waals surface area contributed by atoms with E-state index in [1.807, 2.05) is 12.1 Å². The molecule has 0 saturated carbocycles. The minimum absolute atomic E-state index is 0.433. The summed E-state index contributed by atoms with van der Waals surface area (Å²) in [6, 6.07) is 18.8. The molecule has 2 aromatic heterocycles. The van der Waals surface area contributed by atoms with Gasteiger partial charge in [0.1, 0.15) is 12.1 Å². The average molecular weight is 448 g/mol. The summed E-state index contributed by atoms with van der Waals surface area (Å²) in [6.45, 7) is 1.02. The van der Waals surface area contributed by atoms with E-state index in [0.717, 1.165) is 45.2 Å². The van der Waals surface area contributed by atoms with E-state index in [1.54, 1.807) is 0 Å². The molecule has 0 bridgehead atoms. The molecule has 0 aliphatic rings. The van der Waals surface area contributed by atoms with Crippen molar-refractivity contribution in [2.75, 3.05) is 26.4 Å². The molecule has 4 rings (SSSR count). The van der Waals surface area contributed by atoms with E-state index in [-0.39, 0.29) is 0 Å². The summed E-state index contributed by atoms with van der Waals surface area (Å²) in [5, 5.41) is 0.775. The number of nitrogens with two attached hydrogens (primary N) is 1. The standard InChI is InChI=1S/C23H22BrN5/c1-29(2)11-10-15-6-8-16(9-7-15)20-13-19(17-4-3-5-18(24)12-17)21-22(25)26-14-27-23(21)28-20/h3-9,12-14H,10-11H2,1-2H3,(H2,25,26,27,28). The second-order valence-electron chi connectivity index (χ2n) is 7.27. The molecule has 146 valence electrons. The van der Waals surface area contributed by atoms with Crippen molar-refractivity contribution in [2.24, 2.45) is 0 Å². The van der Waals surface area contributed by atoms with Crippen LogP contribution in [0.5, 0.6) is 0 Å². The van der Waals surface area contributed by atoms with Gasteiger partial charge in [-0.2, -0.15) is 0 Å². The summed E-state index contributed by atoms with van der Waals surface area (Å²) in [7, 11) is 4.18. The molecule has 0 unspecified atom stereocenters. The highest BCUT2D eigenvalue weighted by atomic mass is 79.9. The van der Waals surface area contributed by atoms with Gasteiger partial charge in [-0.1, -0.05) is 52.3 Å². The van der Waals surface area contributed by atoms with Gasteiger partial charge < -0.3 is 10.6 Å². The van der Waals surface area contributed by atoms with Crippen LogP contribution in [0.2, 0.25) is 0 Å². The Kier molecular flexibility index (Phi) is 5.56. The summed E-state index contributed by atoms with van der Waals surface area (Å²) in [6.07, 6.45) is 2.48. The van der Waals surface area contributed by atoms with Crippen molar-refractivity contribution in [2.45, 2.75) is 6.42 Å². The zero-order valence-corrected chi connectivity index (χ0v) is 18.0. The number of likely N-dealkylation sites (N-methyl/N-ethyl adjacent to an activating group) is 1. The first kappa shape index (κ1) is 19.5. The monoisotopic (exact) mass is 447 g/mol. The Morgan fingerprint density at radius 2 is 1.76 bits per heavy atom. The van der Waals surface area contributed by atoms with Crippen LogP contribution in [-0.4, -0.2) is 40.5 Å². The van der Waals surface area contributed by atoms with Gasteiger partial charge in [0, 0.05) is 16.6 Å². The van der Waals surface area contributed by atoms with Gasteiger partial charge in [-0.05, 0) is 55.4 Å². The van der Waals surface area contributed by atoms with Crippen LogP contribution < -0.4 is 5.73 Å². The number of nitrogen functional groups attached to an aromatic ring is 1. The van der Waals surface area contributed by atoms with Crippen LogP contribution >= 0.6 is 15.9 Å². The fourth-order valence-corrected chi connectivity index (χ4v) is 3.71. The van der Waals surface area contributed by atoms with Crippen molar-refractivity contribution in [1.29, 1.82) is 0 Å². The van der Waals surface area contributed by atoms with Gasteiger partial charge in [0.2, 0.25) is 0 Å². The molecule has 0 radical (unpaired) electrons. The second kappa shape index (κ2) is 8.27. The van der Waals surface area contributed by atoms with Gasteiger partial charge in [-0.25, -0.2) is 15.0 Å². The number of benzene rings is 2. The van der Waals surface area contributed by atoms with E-state index >= 15 is 0 Å². The Bertz CT molecular complexity index is 1160. The molecule has 0 fully saturated rings. The van der Waals surface area contributed by atoms with Crippen LogP contribution in [0.1, 0.15) is 5.56 Å². The summed E-state index contributed by atoms with van der Waals surface area (Å²) in [5.74, 6) is 0.433.